The second-order valence-electron chi connectivity index (χ2n) is 8.32. The van der Waals surface area contributed by atoms with E-state index < -0.39 is 53.0 Å². The van der Waals surface area contributed by atoms with Crippen molar-refractivity contribution in [2.75, 3.05) is 12.8 Å². The molecule has 0 spiro atoms. The molecule has 1 amide bonds. The molecule has 0 aliphatic carbocycles. The average Bonchev–Trinajstić information content (AvgIpc) is 3.12. The summed E-state index contributed by atoms with van der Waals surface area (Å²) in [4.78, 5) is 25.9. The van der Waals surface area contributed by atoms with Crippen molar-refractivity contribution < 1.29 is 31.5 Å². The quantitative estimate of drug-likeness (QED) is 0.315. The molecule has 212 valence electrons. The number of hydrogen-bond donors (Lipinski definition) is 3. The van der Waals surface area contributed by atoms with Crippen molar-refractivity contribution in [1.82, 2.24) is 24.4 Å². The van der Waals surface area contributed by atoms with Crippen LogP contribution in [-0.2, 0) is 27.9 Å². The Morgan fingerprint density at radius 3 is 2.36 bits per heavy atom. The fourth-order valence-electron chi connectivity index (χ4n) is 3.44. The minimum Gasteiger partial charge on any atom is -0.382 e. The van der Waals surface area contributed by atoms with Gasteiger partial charge in [-0.3, -0.25) is 9.36 Å². The van der Waals surface area contributed by atoms with Gasteiger partial charge in [-0.05, 0) is 35.9 Å². The number of halogens is 6. The van der Waals surface area contributed by atoms with Crippen LogP contribution in [0.4, 0.5) is 13.2 Å². The van der Waals surface area contributed by atoms with Crippen LogP contribution in [-0.4, -0.2) is 58.9 Å². The van der Waals surface area contributed by atoms with Gasteiger partial charge in [0, 0.05) is 17.1 Å². The van der Waals surface area contributed by atoms with Gasteiger partial charge in [0.25, 0.3) is 0 Å². The number of nitrogens with one attached hydrogen (secondary N) is 2. The maximum absolute atomic E-state index is 13.0. The molecule has 3 N–H and O–H groups in total. The van der Waals surface area contributed by atoms with Gasteiger partial charge in [0.15, 0.2) is 11.9 Å². The number of carbonyl (C=O) groups is 1. The molecule has 3 rings (SSSR count). The molecule has 1 aromatic heterocycles. The summed E-state index contributed by atoms with van der Waals surface area (Å²) < 4.78 is 65.9. The second kappa shape index (κ2) is 12.3. The molecule has 1 heterocycles. The van der Waals surface area contributed by atoms with Crippen LogP contribution in [0.2, 0.25) is 15.1 Å². The zero-order valence-electron chi connectivity index (χ0n) is 19.9. The van der Waals surface area contributed by atoms with Gasteiger partial charge in [-0.1, -0.05) is 46.9 Å². The first kappa shape index (κ1) is 30.9. The highest BCUT2D eigenvalue weighted by Crippen LogP contribution is 2.30. The highest BCUT2D eigenvalue weighted by molar-refractivity contribution is 7.88. The first-order valence-electron chi connectivity index (χ1n) is 10.9. The van der Waals surface area contributed by atoms with Gasteiger partial charge < -0.3 is 10.4 Å². The molecule has 0 radical (unpaired) electrons. The summed E-state index contributed by atoms with van der Waals surface area (Å²) in [6.07, 6.45) is -7.00. The molecular formula is C22H21Cl3F3N5O5S. The Hall–Kier alpha value is -2.62. The number of carbonyl (C=O) groups excluding carboxylic acids is 1. The van der Waals surface area contributed by atoms with E-state index in [1.54, 1.807) is 0 Å². The summed E-state index contributed by atoms with van der Waals surface area (Å²) in [6.45, 7) is -2.27. The monoisotopic (exact) mass is 629 g/mol. The molecule has 0 aliphatic rings. The van der Waals surface area contributed by atoms with E-state index in [0.717, 1.165) is 6.26 Å². The molecular weight excluding hydrogens is 610 g/mol. The average molecular weight is 631 g/mol. The number of aliphatic hydroxyl groups excluding tert-OH is 1. The van der Waals surface area contributed by atoms with Crippen LogP contribution >= 0.6 is 34.8 Å². The molecule has 39 heavy (non-hydrogen) atoms. The number of hydrogen-bond acceptors (Lipinski definition) is 6. The van der Waals surface area contributed by atoms with E-state index in [2.05, 4.69) is 15.1 Å². The molecule has 0 fully saturated rings. The lowest BCUT2D eigenvalue weighted by Crippen LogP contribution is -2.41. The Bertz CT molecular complexity index is 1510. The minimum atomic E-state index is -5.02. The molecule has 0 aliphatic heterocycles. The normalized spacial score (nSPS) is 13.7. The third kappa shape index (κ3) is 8.19. The molecule has 10 nitrogen and oxygen atoms in total. The summed E-state index contributed by atoms with van der Waals surface area (Å²) in [7, 11) is -3.68. The largest absolute Gasteiger partial charge is 0.416 e. The number of rotatable bonds is 10. The van der Waals surface area contributed by atoms with Crippen molar-refractivity contribution in [3.05, 3.63) is 73.6 Å². The Balaban J connectivity index is 1.95. The van der Waals surface area contributed by atoms with Crippen molar-refractivity contribution in [3.63, 3.8) is 0 Å². The molecule has 0 saturated heterocycles. The van der Waals surface area contributed by atoms with Gasteiger partial charge >= 0.3 is 11.9 Å². The smallest absolute Gasteiger partial charge is 0.382 e. The van der Waals surface area contributed by atoms with E-state index >= 15 is 0 Å². The van der Waals surface area contributed by atoms with Crippen molar-refractivity contribution >= 4 is 50.7 Å². The van der Waals surface area contributed by atoms with Crippen molar-refractivity contribution in [2.24, 2.45) is 0 Å². The molecule has 2 atom stereocenters. The number of amides is 1. The second-order valence-corrected chi connectivity index (χ2v) is 11.4. The van der Waals surface area contributed by atoms with E-state index in [1.807, 2.05) is 0 Å². The maximum Gasteiger partial charge on any atom is 0.416 e. The number of alkyl halides is 3. The van der Waals surface area contributed by atoms with Gasteiger partial charge in [-0.15, -0.1) is 5.10 Å². The van der Waals surface area contributed by atoms with Crippen LogP contribution in [0.25, 0.3) is 11.4 Å². The van der Waals surface area contributed by atoms with E-state index in [-0.39, 0.29) is 33.5 Å². The summed E-state index contributed by atoms with van der Waals surface area (Å²) >= 11 is 18.2. The molecule has 3 aromatic rings. The first-order valence-corrected chi connectivity index (χ1v) is 14.0. The minimum absolute atomic E-state index is 0.0485. The number of sulfonamides is 1. The fourth-order valence-corrected chi connectivity index (χ4v) is 4.47. The van der Waals surface area contributed by atoms with Crippen LogP contribution in [0.1, 0.15) is 11.6 Å². The molecule has 0 saturated carbocycles. The maximum atomic E-state index is 13.0. The van der Waals surface area contributed by atoms with Gasteiger partial charge in [0.2, 0.25) is 15.9 Å². The predicted molar refractivity (Wildman–Crippen MR) is 139 cm³/mol. The van der Waals surface area contributed by atoms with Crippen LogP contribution in [0.15, 0.2) is 47.3 Å². The standard InChI is InChI=1S/C22H21Cl3F3N5O5S/c1-39(37,38)29-9-16(14-3-2-4-15(24)19(14)25)30-18(35)11-33-21(36)32(10-17(34)22(26,27)28)20(31-33)12-5-7-13(23)8-6-12/h2-8,16-17,29,34H,9-11H2,1H3,(H,30,35)/t16?,17-/m0/s1. The Kier molecular flexibility index (Phi) is 9.73. The lowest BCUT2D eigenvalue weighted by Gasteiger charge is -2.21. The first-order chi connectivity index (χ1) is 18.1. The summed E-state index contributed by atoms with van der Waals surface area (Å²) in [5, 5.41) is 16.6. The van der Waals surface area contributed by atoms with Gasteiger partial charge in [0.05, 0.1) is 28.9 Å². The molecule has 1 unspecified atom stereocenters. The zero-order chi connectivity index (χ0) is 29.1. The van der Waals surface area contributed by atoms with E-state index in [1.165, 1.54) is 42.5 Å². The van der Waals surface area contributed by atoms with Crippen LogP contribution in [0.5, 0.6) is 0 Å². The highest BCUT2D eigenvalue weighted by atomic mass is 35.5. The Morgan fingerprint density at radius 2 is 1.77 bits per heavy atom. The Morgan fingerprint density at radius 1 is 1.13 bits per heavy atom. The van der Waals surface area contributed by atoms with Crippen molar-refractivity contribution in [1.29, 1.82) is 0 Å². The third-order valence-corrected chi connectivity index (χ3v) is 7.07. The van der Waals surface area contributed by atoms with Gasteiger partial charge in [-0.25, -0.2) is 22.6 Å². The zero-order valence-corrected chi connectivity index (χ0v) is 23.0. The molecule has 2 aromatic carbocycles. The SMILES string of the molecule is CS(=O)(=O)NCC(NC(=O)Cn1nc(-c2ccc(Cl)cc2)n(C[C@H](O)C(F)(F)F)c1=O)c1cccc(Cl)c1Cl. The summed E-state index contributed by atoms with van der Waals surface area (Å²) in [5.41, 5.74) is -0.641. The van der Waals surface area contributed by atoms with E-state index in [0.29, 0.717) is 14.3 Å². The van der Waals surface area contributed by atoms with Gasteiger partial charge in [0.1, 0.15) is 6.54 Å². The molecule has 0 bridgehead atoms. The van der Waals surface area contributed by atoms with Crippen molar-refractivity contribution in [2.45, 2.75) is 31.4 Å². The van der Waals surface area contributed by atoms with Crippen LogP contribution in [0, 0.1) is 0 Å². The molecule has 17 heteroatoms. The lowest BCUT2D eigenvalue weighted by molar-refractivity contribution is -0.207. The summed E-state index contributed by atoms with van der Waals surface area (Å²) in [5.74, 6) is -1.10. The number of aromatic nitrogens is 3. The van der Waals surface area contributed by atoms with Crippen LogP contribution < -0.4 is 15.7 Å². The topological polar surface area (TPSA) is 135 Å². The lowest BCUT2D eigenvalue weighted by atomic mass is 10.1. The van der Waals surface area contributed by atoms with Gasteiger partial charge in [-0.2, -0.15) is 13.2 Å². The number of benzene rings is 2. The van der Waals surface area contributed by atoms with Crippen molar-refractivity contribution in [3.8, 4) is 11.4 Å². The predicted octanol–water partition coefficient (Wildman–Crippen LogP) is 3.00. The third-order valence-electron chi connectivity index (χ3n) is 5.29. The summed E-state index contributed by atoms with van der Waals surface area (Å²) in [6, 6.07) is 9.12. The number of aliphatic hydroxyl groups is 1. The Labute approximate surface area is 235 Å². The van der Waals surface area contributed by atoms with E-state index in [4.69, 9.17) is 34.8 Å². The number of nitrogens with zero attached hydrogens (tertiary/aromatic N) is 3. The highest BCUT2D eigenvalue weighted by Gasteiger charge is 2.39. The van der Waals surface area contributed by atoms with E-state index in [9.17, 15) is 36.3 Å². The van der Waals surface area contributed by atoms with Crippen LogP contribution in [0.3, 0.4) is 0 Å². The fraction of sp³-hybridized carbons (Fsp3) is 0.318.